The first kappa shape index (κ1) is 16.8. The zero-order valence-electron chi connectivity index (χ0n) is 8.53. The standard InChI is InChI=1S/C6H7F5O6S/c1-2-16-4(12)17-3(5(7,8)9)6(10,11)18(13,14)15/h3H,2H2,1H3,(H,13,14,15)/p-1. The maximum Gasteiger partial charge on any atom is 0.509 e. The molecule has 0 saturated heterocycles. The lowest BCUT2D eigenvalue weighted by atomic mass is 10.3. The van der Waals surface area contributed by atoms with Crippen LogP contribution in [-0.4, -0.2) is 43.3 Å². The van der Waals surface area contributed by atoms with Gasteiger partial charge in [0.15, 0.2) is 10.1 Å². The van der Waals surface area contributed by atoms with Gasteiger partial charge in [-0.1, -0.05) is 0 Å². The van der Waals surface area contributed by atoms with Gasteiger partial charge < -0.3 is 14.0 Å². The van der Waals surface area contributed by atoms with Crippen LogP contribution in [0.15, 0.2) is 0 Å². The summed E-state index contributed by atoms with van der Waals surface area (Å²) in [5.74, 6) is 0. The van der Waals surface area contributed by atoms with Gasteiger partial charge in [-0.3, -0.25) is 0 Å². The number of hydrogen-bond donors (Lipinski definition) is 0. The topological polar surface area (TPSA) is 92.7 Å². The van der Waals surface area contributed by atoms with Gasteiger partial charge in [0.1, 0.15) is 0 Å². The van der Waals surface area contributed by atoms with Crippen LogP contribution < -0.4 is 0 Å². The lowest BCUT2D eigenvalue weighted by Crippen LogP contribution is -2.52. The van der Waals surface area contributed by atoms with Gasteiger partial charge in [-0.2, -0.15) is 22.0 Å². The van der Waals surface area contributed by atoms with Crippen molar-refractivity contribution in [2.75, 3.05) is 6.61 Å². The van der Waals surface area contributed by atoms with Gasteiger partial charge in [-0.05, 0) is 6.92 Å². The Balaban J connectivity index is 5.34. The van der Waals surface area contributed by atoms with Gasteiger partial charge >= 0.3 is 17.6 Å². The third-order valence-corrected chi connectivity index (χ3v) is 2.29. The number of carbonyl (C=O) groups excluding carboxylic acids is 1. The molecular weight excluding hydrogens is 295 g/mol. The van der Waals surface area contributed by atoms with Crippen LogP contribution in [0.2, 0.25) is 0 Å². The number of halogens is 5. The molecule has 0 rings (SSSR count). The quantitative estimate of drug-likeness (QED) is 0.440. The second-order valence-electron chi connectivity index (χ2n) is 2.74. The Bertz CT molecular complexity index is 401. The highest BCUT2D eigenvalue weighted by Crippen LogP contribution is 2.38. The summed E-state index contributed by atoms with van der Waals surface area (Å²) in [6, 6.07) is 0. The van der Waals surface area contributed by atoms with Gasteiger partial charge in [0.2, 0.25) is 0 Å². The fraction of sp³-hybridized carbons (Fsp3) is 0.833. The van der Waals surface area contributed by atoms with Crippen molar-refractivity contribution in [3.63, 3.8) is 0 Å². The number of alkyl halides is 5. The first-order valence-corrected chi connectivity index (χ1v) is 5.48. The Morgan fingerprint density at radius 3 is 2.00 bits per heavy atom. The predicted octanol–water partition coefficient (Wildman–Crippen LogP) is 1.23. The molecular formula is C6H6F5O6S-. The molecule has 0 radical (unpaired) electrons. The summed E-state index contributed by atoms with van der Waals surface area (Å²) in [4.78, 5) is 10.5. The number of hydrogen-bond acceptors (Lipinski definition) is 6. The van der Waals surface area contributed by atoms with Crippen LogP contribution in [0, 0.1) is 0 Å². The van der Waals surface area contributed by atoms with Gasteiger partial charge in [0.05, 0.1) is 6.61 Å². The first-order chi connectivity index (χ1) is 7.84. The third-order valence-electron chi connectivity index (χ3n) is 1.41. The molecule has 12 heteroatoms. The molecule has 0 aromatic carbocycles. The van der Waals surface area contributed by atoms with Crippen LogP contribution in [0.3, 0.4) is 0 Å². The molecule has 0 aliphatic carbocycles. The van der Waals surface area contributed by atoms with Gasteiger partial charge in [-0.15, -0.1) is 0 Å². The summed E-state index contributed by atoms with van der Waals surface area (Å²) in [5, 5.41) is -5.86. The molecule has 0 bridgehead atoms. The molecule has 0 fully saturated rings. The van der Waals surface area contributed by atoms with Crippen molar-refractivity contribution in [2.24, 2.45) is 0 Å². The van der Waals surface area contributed by atoms with Crippen molar-refractivity contribution in [2.45, 2.75) is 24.5 Å². The summed E-state index contributed by atoms with van der Waals surface area (Å²) < 4.78 is 98.9. The molecule has 0 N–H and O–H groups in total. The van der Waals surface area contributed by atoms with Crippen molar-refractivity contribution in [3.8, 4) is 0 Å². The zero-order chi connectivity index (χ0) is 14.8. The van der Waals surface area contributed by atoms with Crippen LogP contribution >= 0.6 is 0 Å². The molecule has 18 heavy (non-hydrogen) atoms. The second kappa shape index (κ2) is 5.22. The average Bonchev–Trinajstić information content (AvgIpc) is 2.10. The molecule has 108 valence electrons. The van der Waals surface area contributed by atoms with E-state index in [4.69, 9.17) is 0 Å². The Morgan fingerprint density at radius 1 is 1.28 bits per heavy atom. The van der Waals surface area contributed by atoms with E-state index in [1.807, 2.05) is 0 Å². The molecule has 0 aromatic rings. The molecule has 6 nitrogen and oxygen atoms in total. The SMILES string of the molecule is CCOC(=O)OC(C(F)(F)F)C(F)(F)S(=O)(=O)[O-]. The minimum Gasteiger partial charge on any atom is -0.743 e. The van der Waals surface area contributed by atoms with Crippen LogP contribution in [0.4, 0.5) is 26.7 Å². The monoisotopic (exact) mass is 301 g/mol. The highest BCUT2D eigenvalue weighted by atomic mass is 32.2. The number of carbonyl (C=O) groups is 1. The molecule has 0 aromatic heterocycles. The smallest absolute Gasteiger partial charge is 0.509 e. The van der Waals surface area contributed by atoms with E-state index in [2.05, 4.69) is 9.47 Å². The van der Waals surface area contributed by atoms with E-state index in [0.717, 1.165) is 6.92 Å². The maximum absolute atomic E-state index is 12.7. The van der Waals surface area contributed by atoms with Crippen LogP contribution in [-0.2, 0) is 19.6 Å². The highest BCUT2D eigenvalue weighted by molar-refractivity contribution is 7.86. The normalized spacial score (nSPS) is 15.1. The van der Waals surface area contributed by atoms with Crippen LogP contribution in [0.5, 0.6) is 0 Å². The Kier molecular flexibility index (Phi) is 4.88. The molecule has 0 amide bonds. The molecule has 0 spiro atoms. The number of rotatable bonds is 4. The lowest BCUT2D eigenvalue weighted by molar-refractivity contribution is -0.252. The molecule has 0 saturated carbocycles. The van der Waals surface area contributed by atoms with E-state index in [1.54, 1.807) is 0 Å². The summed E-state index contributed by atoms with van der Waals surface area (Å²) in [5.41, 5.74) is 0. The van der Waals surface area contributed by atoms with Crippen LogP contribution in [0.1, 0.15) is 6.92 Å². The largest absolute Gasteiger partial charge is 0.743 e. The third kappa shape index (κ3) is 3.94. The average molecular weight is 301 g/mol. The van der Waals surface area contributed by atoms with Crippen molar-refractivity contribution in [1.82, 2.24) is 0 Å². The lowest BCUT2D eigenvalue weighted by Gasteiger charge is -2.29. The van der Waals surface area contributed by atoms with E-state index in [-0.39, 0.29) is 0 Å². The molecule has 0 aliphatic heterocycles. The summed E-state index contributed by atoms with van der Waals surface area (Å²) in [6.07, 6.45) is -12.6. The maximum atomic E-state index is 12.7. The fourth-order valence-corrected chi connectivity index (χ4v) is 1.15. The fourth-order valence-electron chi connectivity index (χ4n) is 0.705. The first-order valence-electron chi connectivity index (χ1n) is 4.07. The van der Waals surface area contributed by atoms with E-state index in [0.29, 0.717) is 0 Å². The van der Waals surface area contributed by atoms with Gasteiger partial charge in [0.25, 0.3) is 6.10 Å². The Labute approximate surface area is 97.4 Å². The second-order valence-corrected chi connectivity index (χ2v) is 4.19. The van der Waals surface area contributed by atoms with E-state index >= 15 is 0 Å². The summed E-state index contributed by atoms with van der Waals surface area (Å²) in [7, 11) is -6.68. The minimum atomic E-state index is -6.68. The molecule has 1 unspecified atom stereocenters. The highest BCUT2D eigenvalue weighted by Gasteiger charge is 2.63. The molecule has 1 atom stereocenters. The molecule has 0 aliphatic rings. The van der Waals surface area contributed by atoms with E-state index in [9.17, 15) is 39.7 Å². The summed E-state index contributed by atoms with van der Waals surface area (Å²) in [6.45, 7) is 0.630. The van der Waals surface area contributed by atoms with Crippen LogP contribution in [0.25, 0.3) is 0 Å². The zero-order valence-corrected chi connectivity index (χ0v) is 9.35. The van der Waals surface area contributed by atoms with E-state index in [1.165, 1.54) is 0 Å². The number of ether oxygens (including phenoxy) is 2. The Hall–Kier alpha value is -1.17. The predicted molar refractivity (Wildman–Crippen MR) is 42.6 cm³/mol. The Morgan fingerprint density at radius 2 is 1.72 bits per heavy atom. The van der Waals surface area contributed by atoms with Crippen molar-refractivity contribution in [3.05, 3.63) is 0 Å². The van der Waals surface area contributed by atoms with Gasteiger partial charge in [-0.25, -0.2) is 13.2 Å². The summed E-state index contributed by atoms with van der Waals surface area (Å²) >= 11 is 0. The van der Waals surface area contributed by atoms with Crippen molar-refractivity contribution >= 4 is 16.3 Å². The van der Waals surface area contributed by atoms with Crippen molar-refractivity contribution in [1.29, 1.82) is 0 Å². The van der Waals surface area contributed by atoms with Gasteiger partial charge in [0, 0.05) is 0 Å². The van der Waals surface area contributed by atoms with Crippen molar-refractivity contribution < 1.29 is 49.2 Å². The molecule has 0 heterocycles. The minimum absolute atomic E-state index is 0.501. The van der Waals surface area contributed by atoms with E-state index < -0.39 is 40.4 Å².